The fourth-order valence-electron chi connectivity index (χ4n) is 4.03. The first-order valence-corrected chi connectivity index (χ1v) is 12.3. The van der Waals surface area contributed by atoms with Crippen LogP contribution < -0.4 is 10.6 Å². The van der Waals surface area contributed by atoms with Crippen LogP contribution in [0.25, 0.3) is 22.4 Å². The van der Waals surface area contributed by atoms with E-state index in [0.29, 0.717) is 24.2 Å². The molecule has 0 aliphatic carbocycles. The first-order valence-electron chi connectivity index (χ1n) is 12.3. The van der Waals surface area contributed by atoms with Crippen molar-refractivity contribution in [2.75, 3.05) is 17.2 Å². The van der Waals surface area contributed by atoms with Gasteiger partial charge < -0.3 is 20.3 Å². The maximum Gasteiger partial charge on any atom is 0.227 e. The molecule has 1 atom stereocenters. The van der Waals surface area contributed by atoms with Gasteiger partial charge in [0.1, 0.15) is 0 Å². The number of rotatable bonds is 10. The first-order chi connectivity index (χ1) is 16.9. The molecule has 8 nitrogen and oxygen atoms in total. The fourth-order valence-corrected chi connectivity index (χ4v) is 4.03. The average molecular weight is 474 g/mol. The molecule has 35 heavy (non-hydrogen) atoms. The predicted octanol–water partition coefficient (Wildman–Crippen LogP) is 5.39. The molecule has 8 heteroatoms. The van der Waals surface area contributed by atoms with E-state index in [9.17, 15) is 5.11 Å². The monoisotopic (exact) mass is 473 g/mol. The van der Waals surface area contributed by atoms with E-state index in [1.165, 1.54) is 5.56 Å². The van der Waals surface area contributed by atoms with E-state index in [-0.39, 0.29) is 18.7 Å². The molecule has 3 aromatic heterocycles. The van der Waals surface area contributed by atoms with Crippen LogP contribution in [0.2, 0.25) is 0 Å². The van der Waals surface area contributed by atoms with Gasteiger partial charge in [-0.2, -0.15) is 9.97 Å². The zero-order valence-corrected chi connectivity index (χ0v) is 21.2. The van der Waals surface area contributed by atoms with E-state index in [4.69, 9.17) is 9.97 Å². The van der Waals surface area contributed by atoms with Crippen molar-refractivity contribution in [1.29, 1.82) is 0 Å². The van der Waals surface area contributed by atoms with Crippen LogP contribution in [0.5, 0.6) is 0 Å². The SMILES string of the molecule is CC[C@H](CO)Nc1nc(NCc2ccc(-c3ncccc3C(C)C)cc2)c2ncn(C(C)C)c2n1. The van der Waals surface area contributed by atoms with E-state index in [1.807, 2.05) is 23.8 Å². The number of benzene rings is 1. The highest BCUT2D eigenvalue weighted by Crippen LogP contribution is 2.28. The van der Waals surface area contributed by atoms with Crippen LogP contribution in [0.15, 0.2) is 48.9 Å². The Labute approximate surface area is 206 Å². The Morgan fingerprint density at radius 3 is 2.43 bits per heavy atom. The van der Waals surface area contributed by atoms with Gasteiger partial charge in [-0.05, 0) is 43.4 Å². The van der Waals surface area contributed by atoms with Crippen molar-refractivity contribution in [1.82, 2.24) is 24.5 Å². The number of hydrogen-bond acceptors (Lipinski definition) is 7. The molecule has 4 aromatic rings. The lowest BCUT2D eigenvalue weighted by Gasteiger charge is -2.16. The molecule has 3 heterocycles. The van der Waals surface area contributed by atoms with Gasteiger partial charge in [-0.25, -0.2) is 4.98 Å². The van der Waals surface area contributed by atoms with Gasteiger partial charge >= 0.3 is 0 Å². The molecule has 0 bridgehead atoms. The lowest BCUT2D eigenvalue weighted by Crippen LogP contribution is -2.24. The van der Waals surface area contributed by atoms with Gasteiger partial charge in [0, 0.05) is 24.3 Å². The van der Waals surface area contributed by atoms with Crippen LogP contribution in [-0.2, 0) is 6.54 Å². The number of fused-ring (bicyclic) bond motifs is 1. The quantitative estimate of drug-likeness (QED) is 0.284. The molecule has 184 valence electrons. The third-order valence-corrected chi connectivity index (χ3v) is 6.17. The summed E-state index contributed by atoms with van der Waals surface area (Å²) in [6.07, 6.45) is 4.42. The van der Waals surface area contributed by atoms with Crippen LogP contribution in [0.1, 0.15) is 64.1 Å². The van der Waals surface area contributed by atoms with Crippen LogP contribution in [0, 0.1) is 0 Å². The Morgan fingerprint density at radius 2 is 1.77 bits per heavy atom. The second kappa shape index (κ2) is 10.8. The Balaban J connectivity index is 1.59. The summed E-state index contributed by atoms with van der Waals surface area (Å²) >= 11 is 0. The average Bonchev–Trinajstić information content (AvgIpc) is 3.30. The molecule has 0 saturated carbocycles. The van der Waals surface area contributed by atoms with Crippen molar-refractivity contribution in [2.45, 2.75) is 65.6 Å². The largest absolute Gasteiger partial charge is 0.394 e. The summed E-state index contributed by atoms with van der Waals surface area (Å²) in [7, 11) is 0. The number of aromatic nitrogens is 5. The number of hydrogen-bond donors (Lipinski definition) is 3. The van der Waals surface area contributed by atoms with Gasteiger partial charge in [0.05, 0.1) is 24.7 Å². The third kappa shape index (κ3) is 5.43. The first kappa shape index (κ1) is 24.6. The van der Waals surface area contributed by atoms with Gasteiger partial charge in [0.25, 0.3) is 0 Å². The molecule has 4 rings (SSSR count). The molecule has 0 spiro atoms. The highest BCUT2D eigenvalue weighted by Gasteiger charge is 2.17. The minimum absolute atomic E-state index is 0.0191. The predicted molar refractivity (Wildman–Crippen MR) is 142 cm³/mol. The number of aliphatic hydroxyl groups excluding tert-OH is 1. The summed E-state index contributed by atoms with van der Waals surface area (Å²) in [6.45, 7) is 11.2. The molecule has 0 amide bonds. The van der Waals surface area contributed by atoms with Crippen molar-refractivity contribution in [2.24, 2.45) is 0 Å². The van der Waals surface area contributed by atoms with Gasteiger partial charge in [0.15, 0.2) is 17.0 Å². The highest BCUT2D eigenvalue weighted by molar-refractivity contribution is 5.84. The van der Waals surface area contributed by atoms with Crippen LogP contribution in [0.4, 0.5) is 11.8 Å². The van der Waals surface area contributed by atoms with Crippen molar-refractivity contribution in [3.8, 4) is 11.3 Å². The normalized spacial score (nSPS) is 12.5. The van der Waals surface area contributed by atoms with E-state index < -0.39 is 0 Å². The zero-order valence-electron chi connectivity index (χ0n) is 21.2. The number of nitrogens with one attached hydrogen (secondary N) is 2. The van der Waals surface area contributed by atoms with Gasteiger partial charge in [-0.15, -0.1) is 0 Å². The minimum Gasteiger partial charge on any atom is -0.394 e. The van der Waals surface area contributed by atoms with Gasteiger partial charge in [0.2, 0.25) is 5.95 Å². The van der Waals surface area contributed by atoms with Crippen molar-refractivity contribution < 1.29 is 5.11 Å². The number of anilines is 2. The molecular formula is C27H35N7O. The molecule has 0 saturated heterocycles. The van der Waals surface area contributed by atoms with Gasteiger partial charge in [-0.3, -0.25) is 4.98 Å². The fraction of sp³-hybridized carbons (Fsp3) is 0.407. The van der Waals surface area contributed by atoms with E-state index >= 15 is 0 Å². The van der Waals surface area contributed by atoms with Crippen molar-refractivity contribution in [3.05, 3.63) is 60.0 Å². The maximum absolute atomic E-state index is 9.62. The van der Waals surface area contributed by atoms with Crippen LogP contribution >= 0.6 is 0 Å². The van der Waals surface area contributed by atoms with Gasteiger partial charge in [-0.1, -0.05) is 51.1 Å². The van der Waals surface area contributed by atoms with Crippen LogP contribution in [-0.4, -0.2) is 42.3 Å². The molecule has 0 radical (unpaired) electrons. The minimum atomic E-state index is -0.106. The molecular weight excluding hydrogens is 438 g/mol. The van der Waals surface area contributed by atoms with Crippen molar-refractivity contribution in [3.63, 3.8) is 0 Å². The molecule has 0 unspecified atom stereocenters. The topological polar surface area (TPSA) is 101 Å². The van der Waals surface area contributed by atoms with E-state index in [1.54, 1.807) is 6.33 Å². The Hall–Kier alpha value is -3.52. The van der Waals surface area contributed by atoms with E-state index in [0.717, 1.165) is 34.4 Å². The Morgan fingerprint density at radius 1 is 1.00 bits per heavy atom. The third-order valence-electron chi connectivity index (χ3n) is 6.17. The number of aliphatic hydroxyl groups is 1. The number of imidazole rings is 1. The maximum atomic E-state index is 9.62. The van der Waals surface area contributed by atoms with Crippen LogP contribution in [0.3, 0.4) is 0 Å². The summed E-state index contributed by atoms with van der Waals surface area (Å²) in [5.74, 6) is 1.56. The summed E-state index contributed by atoms with van der Waals surface area (Å²) < 4.78 is 2.03. The molecule has 3 N–H and O–H groups in total. The number of nitrogens with zero attached hydrogens (tertiary/aromatic N) is 5. The van der Waals surface area contributed by atoms with Crippen molar-refractivity contribution >= 4 is 22.9 Å². The lowest BCUT2D eigenvalue weighted by molar-refractivity contribution is 0.271. The summed E-state index contributed by atoms with van der Waals surface area (Å²) in [4.78, 5) is 18.6. The summed E-state index contributed by atoms with van der Waals surface area (Å²) in [5.41, 5.74) is 6.01. The lowest BCUT2D eigenvalue weighted by atomic mass is 9.97. The second-order valence-corrected chi connectivity index (χ2v) is 9.39. The molecule has 0 fully saturated rings. The second-order valence-electron chi connectivity index (χ2n) is 9.39. The standard InChI is InChI=1S/C27H35N7O/c1-6-21(15-35)31-27-32-25(24-26(33-27)34(16-30-24)18(4)5)29-14-19-9-11-20(12-10-19)23-22(17(2)3)8-7-13-28-23/h7-13,16-18,21,35H,6,14-15H2,1-5H3,(H2,29,31,32,33)/t21-/m1/s1. The summed E-state index contributed by atoms with van der Waals surface area (Å²) in [6, 6.07) is 12.7. The smallest absolute Gasteiger partial charge is 0.227 e. The molecule has 0 aliphatic rings. The Bertz CT molecular complexity index is 1260. The number of pyridine rings is 1. The van der Waals surface area contributed by atoms with E-state index in [2.05, 4.69) is 78.6 Å². The molecule has 0 aliphatic heterocycles. The zero-order chi connectivity index (χ0) is 24.9. The summed E-state index contributed by atoms with van der Waals surface area (Å²) in [5, 5.41) is 16.3. The highest BCUT2D eigenvalue weighted by atomic mass is 16.3. The Kier molecular flexibility index (Phi) is 7.60. The molecule has 1 aromatic carbocycles.